The maximum Gasteiger partial charge on any atom is 0.166 e. The minimum atomic E-state index is -0.0533. The summed E-state index contributed by atoms with van der Waals surface area (Å²) >= 11 is 0. The molecule has 2 heteroatoms. The Labute approximate surface area is 101 Å². The standard InChI is InChI=1S/C15H16O2/c16-12-8-7-11(9-12)15(17)14-4-2-1-3-13(14)10-5-6-10/h1-4,10-11H,5-9H2. The highest BCUT2D eigenvalue weighted by molar-refractivity contribution is 6.02. The van der Waals surface area contributed by atoms with Crippen molar-refractivity contribution in [3.8, 4) is 0 Å². The zero-order valence-corrected chi connectivity index (χ0v) is 9.82. The molecule has 88 valence electrons. The summed E-state index contributed by atoms with van der Waals surface area (Å²) < 4.78 is 0. The van der Waals surface area contributed by atoms with Crippen LogP contribution in [-0.4, -0.2) is 11.6 Å². The molecule has 0 spiro atoms. The highest BCUT2D eigenvalue weighted by atomic mass is 16.1. The summed E-state index contributed by atoms with van der Waals surface area (Å²) in [5, 5.41) is 0. The highest BCUT2D eigenvalue weighted by Gasteiger charge is 2.33. The Bertz CT molecular complexity index is 472. The Hall–Kier alpha value is -1.44. The number of hydrogen-bond donors (Lipinski definition) is 0. The molecule has 0 saturated heterocycles. The number of carbonyl (C=O) groups excluding carboxylic acids is 2. The fourth-order valence-corrected chi connectivity index (χ4v) is 2.73. The average molecular weight is 228 g/mol. The molecule has 0 aliphatic heterocycles. The molecular weight excluding hydrogens is 212 g/mol. The molecule has 1 unspecified atom stereocenters. The van der Waals surface area contributed by atoms with Gasteiger partial charge in [0.1, 0.15) is 5.78 Å². The van der Waals surface area contributed by atoms with Crippen molar-refractivity contribution in [2.45, 2.75) is 38.0 Å². The predicted molar refractivity (Wildman–Crippen MR) is 65.1 cm³/mol. The quantitative estimate of drug-likeness (QED) is 0.745. The first-order chi connectivity index (χ1) is 8.25. The van der Waals surface area contributed by atoms with E-state index < -0.39 is 0 Å². The van der Waals surface area contributed by atoms with E-state index in [0.29, 0.717) is 18.8 Å². The van der Waals surface area contributed by atoms with Gasteiger partial charge in [-0.15, -0.1) is 0 Å². The van der Waals surface area contributed by atoms with Gasteiger partial charge in [-0.2, -0.15) is 0 Å². The first-order valence-electron chi connectivity index (χ1n) is 6.40. The molecule has 17 heavy (non-hydrogen) atoms. The van der Waals surface area contributed by atoms with Crippen LogP contribution in [0.2, 0.25) is 0 Å². The number of ketones is 2. The maximum absolute atomic E-state index is 12.4. The van der Waals surface area contributed by atoms with Crippen LogP contribution >= 0.6 is 0 Å². The second-order valence-electron chi connectivity index (χ2n) is 5.20. The maximum atomic E-state index is 12.4. The van der Waals surface area contributed by atoms with Gasteiger partial charge in [-0.05, 0) is 30.7 Å². The average Bonchev–Trinajstić information content (AvgIpc) is 3.11. The van der Waals surface area contributed by atoms with Crippen molar-refractivity contribution in [1.82, 2.24) is 0 Å². The van der Waals surface area contributed by atoms with Crippen LogP contribution in [0, 0.1) is 5.92 Å². The molecule has 0 N–H and O–H groups in total. The summed E-state index contributed by atoms with van der Waals surface area (Å²) in [5.74, 6) is 0.972. The van der Waals surface area contributed by atoms with E-state index in [9.17, 15) is 9.59 Å². The second-order valence-corrected chi connectivity index (χ2v) is 5.20. The summed E-state index contributed by atoms with van der Waals surface area (Å²) in [4.78, 5) is 23.7. The van der Waals surface area contributed by atoms with Crippen molar-refractivity contribution in [3.63, 3.8) is 0 Å². The lowest BCUT2D eigenvalue weighted by molar-refractivity contribution is -0.117. The van der Waals surface area contributed by atoms with E-state index >= 15 is 0 Å². The molecule has 2 aliphatic rings. The zero-order valence-electron chi connectivity index (χ0n) is 9.82. The van der Waals surface area contributed by atoms with Crippen LogP contribution in [0.15, 0.2) is 24.3 Å². The molecule has 0 radical (unpaired) electrons. The van der Waals surface area contributed by atoms with Gasteiger partial charge in [0.15, 0.2) is 5.78 Å². The molecule has 0 amide bonds. The number of rotatable bonds is 3. The van der Waals surface area contributed by atoms with Gasteiger partial charge >= 0.3 is 0 Å². The van der Waals surface area contributed by atoms with Gasteiger partial charge in [-0.3, -0.25) is 9.59 Å². The van der Waals surface area contributed by atoms with Crippen molar-refractivity contribution in [3.05, 3.63) is 35.4 Å². The zero-order chi connectivity index (χ0) is 11.8. The van der Waals surface area contributed by atoms with Gasteiger partial charge in [-0.25, -0.2) is 0 Å². The molecule has 1 aromatic carbocycles. The Morgan fingerprint density at radius 3 is 2.53 bits per heavy atom. The third-order valence-corrected chi connectivity index (χ3v) is 3.86. The lowest BCUT2D eigenvalue weighted by Crippen LogP contribution is -2.13. The largest absolute Gasteiger partial charge is 0.300 e. The van der Waals surface area contributed by atoms with Crippen LogP contribution in [0.25, 0.3) is 0 Å². The Morgan fingerprint density at radius 1 is 1.12 bits per heavy atom. The van der Waals surface area contributed by atoms with Crippen LogP contribution in [0.5, 0.6) is 0 Å². The molecule has 2 saturated carbocycles. The number of carbonyl (C=O) groups is 2. The van der Waals surface area contributed by atoms with Gasteiger partial charge < -0.3 is 0 Å². The van der Waals surface area contributed by atoms with Crippen LogP contribution in [0.3, 0.4) is 0 Å². The summed E-state index contributed by atoms with van der Waals surface area (Å²) in [6, 6.07) is 7.93. The predicted octanol–water partition coefficient (Wildman–Crippen LogP) is 3.12. The highest BCUT2D eigenvalue weighted by Crippen LogP contribution is 2.42. The van der Waals surface area contributed by atoms with Crippen LogP contribution in [-0.2, 0) is 4.79 Å². The van der Waals surface area contributed by atoms with Crippen molar-refractivity contribution in [2.75, 3.05) is 0 Å². The number of benzene rings is 1. The summed E-state index contributed by atoms with van der Waals surface area (Å²) in [5.41, 5.74) is 2.08. The van der Waals surface area contributed by atoms with Gasteiger partial charge in [0.25, 0.3) is 0 Å². The molecule has 2 aliphatic carbocycles. The monoisotopic (exact) mass is 228 g/mol. The third kappa shape index (κ3) is 2.04. The van der Waals surface area contributed by atoms with Gasteiger partial charge in [0.2, 0.25) is 0 Å². The van der Waals surface area contributed by atoms with E-state index in [1.807, 2.05) is 18.2 Å². The molecule has 1 atom stereocenters. The molecule has 0 bridgehead atoms. The first kappa shape index (κ1) is 10.7. The van der Waals surface area contributed by atoms with E-state index in [0.717, 1.165) is 12.0 Å². The lowest BCUT2D eigenvalue weighted by atomic mass is 9.91. The molecule has 0 heterocycles. The smallest absolute Gasteiger partial charge is 0.166 e. The van der Waals surface area contributed by atoms with E-state index in [1.54, 1.807) is 0 Å². The third-order valence-electron chi connectivity index (χ3n) is 3.86. The van der Waals surface area contributed by atoms with E-state index in [-0.39, 0.29) is 17.5 Å². The summed E-state index contributed by atoms with van der Waals surface area (Å²) in [6.45, 7) is 0. The van der Waals surface area contributed by atoms with E-state index in [4.69, 9.17) is 0 Å². The van der Waals surface area contributed by atoms with E-state index in [1.165, 1.54) is 18.4 Å². The molecule has 1 aromatic rings. The van der Waals surface area contributed by atoms with Gasteiger partial charge in [0, 0.05) is 24.3 Å². The van der Waals surface area contributed by atoms with Gasteiger partial charge in [-0.1, -0.05) is 24.3 Å². The topological polar surface area (TPSA) is 34.1 Å². The van der Waals surface area contributed by atoms with Crippen molar-refractivity contribution in [2.24, 2.45) is 5.92 Å². The normalized spacial score (nSPS) is 24.0. The number of Topliss-reactive ketones (excluding diaryl/α,β-unsaturated/α-hetero) is 2. The fraction of sp³-hybridized carbons (Fsp3) is 0.467. The lowest BCUT2D eigenvalue weighted by Gasteiger charge is -2.11. The number of hydrogen-bond acceptors (Lipinski definition) is 2. The summed E-state index contributed by atoms with van der Waals surface area (Å²) in [6.07, 6.45) is 4.19. The van der Waals surface area contributed by atoms with Crippen molar-refractivity contribution < 1.29 is 9.59 Å². The van der Waals surface area contributed by atoms with Crippen molar-refractivity contribution >= 4 is 11.6 Å². The van der Waals surface area contributed by atoms with Gasteiger partial charge in [0.05, 0.1) is 0 Å². The van der Waals surface area contributed by atoms with Crippen LogP contribution in [0.1, 0.15) is 53.9 Å². The minimum absolute atomic E-state index is 0.0533. The van der Waals surface area contributed by atoms with E-state index in [2.05, 4.69) is 6.07 Å². The molecule has 2 nitrogen and oxygen atoms in total. The Morgan fingerprint density at radius 2 is 1.88 bits per heavy atom. The first-order valence-corrected chi connectivity index (χ1v) is 6.40. The molecule has 2 fully saturated rings. The van der Waals surface area contributed by atoms with Crippen molar-refractivity contribution in [1.29, 1.82) is 0 Å². The minimum Gasteiger partial charge on any atom is -0.300 e. The molecule has 3 rings (SSSR count). The molecule has 0 aromatic heterocycles. The SMILES string of the molecule is O=C1CCC(C(=O)c2ccccc2C2CC2)C1. The fourth-order valence-electron chi connectivity index (χ4n) is 2.73. The second kappa shape index (κ2) is 4.10. The van der Waals surface area contributed by atoms with Crippen LogP contribution in [0.4, 0.5) is 0 Å². The summed E-state index contributed by atoms with van der Waals surface area (Å²) in [7, 11) is 0. The Kier molecular flexibility index (Phi) is 2.58. The van der Waals surface area contributed by atoms with Crippen LogP contribution < -0.4 is 0 Å². The molecular formula is C15H16O2. The Balaban J connectivity index is 1.88.